The predicted molar refractivity (Wildman–Crippen MR) is 96.8 cm³/mol. The second kappa shape index (κ2) is 7.39. The number of hydrogen-bond donors (Lipinski definition) is 1. The van der Waals surface area contributed by atoms with Crippen LogP contribution in [-0.4, -0.2) is 25.2 Å². The third-order valence-electron chi connectivity index (χ3n) is 4.37. The SMILES string of the molecule is Cc1ccccc1OCCCNC(=O)N1c2ccccc2CC1C. The van der Waals surface area contributed by atoms with E-state index in [0.717, 1.165) is 29.8 Å². The fraction of sp³-hybridized carbons (Fsp3) is 0.350. The minimum Gasteiger partial charge on any atom is -0.493 e. The third kappa shape index (κ3) is 3.53. The number of carbonyl (C=O) groups is 1. The molecule has 1 atom stereocenters. The molecule has 1 unspecified atom stereocenters. The molecule has 2 aromatic rings. The molecule has 1 aliphatic rings. The number of ether oxygens (including phenoxy) is 1. The molecule has 0 aliphatic carbocycles. The van der Waals surface area contributed by atoms with E-state index >= 15 is 0 Å². The van der Waals surface area contributed by atoms with Crippen molar-refractivity contribution >= 4 is 11.7 Å². The van der Waals surface area contributed by atoms with Gasteiger partial charge in [-0.25, -0.2) is 4.79 Å². The standard InChI is InChI=1S/C20H24N2O2/c1-15-8-3-6-11-19(15)24-13-7-12-21-20(23)22-16(2)14-17-9-4-5-10-18(17)22/h3-6,8-11,16H,7,12-14H2,1-2H3,(H,21,23). The lowest BCUT2D eigenvalue weighted by molar-refractivity contribution is 0.243. The molecule has 4 nitrogen and oxygen atoms in total. The van der Waals surface area contributed by atoms with Crippen LogP contribution in [0.1, 0.15) is 24.5 Å². The number of para-hydroxylation sites is 2. The Labute approximate surface area is 143 Å². The zero-order valence-corrected chi connectivity index (χ0v) is 14.3. The number of carbonyl (C=O) groups excluding carboxylic acids is 1. The van der Waals surface area contributed by atoms with Gasteiger partial charge >= 0.3 is 6.03 Å². The van der Waals surface area contributed by atoms with E-state index in [0.29, 0.717) is 13.2 Å². The topological polar surface area (TPSA) is 41.6 Å². The van der Waals surface area contributed by atoms with E-state index in [4.69, 9.17) is 4.74 Å². The monoisotopic (exact) mass is 324 g/mol. The molecule has 0 saturated heterocycles. The van der Waals surface area contributed by atoms with E-state index in [1.54, 1.807) is 0 Å². The average Bonchev–Trinajstić information content (AvgIpc) is 2.91. The summed E-state index contributed by atoms with van der Waals surface area (Å²) in [5, 5.41) is 3.00. The summed E-state index contributed by atoms with van der Waals surface area (Å²) in [6.07, 6.45) is 1.70. The second-order valence-electron chi connectivity index (χ2n) is 6.25. The van der Waals surface area contributed by atoms with Crippen LogP contribution in [0.25, 0.3) is 0 Å². The highest BCUT2D eigenvalue weighted by Crippen LogP contribution is 2.31. The summed E-state index contributed by atoms with van der Waals surface area (Å²) in [5.41, 5.74) is 3.39. The number of hydrogen-bond acceptors (Lipinski definition) is 2. The maximum Gasteiger partial charge on any atom is 0.322 e. The molecule has 1 heterocycles. The fourth-order valence-corrected chi connectivity index (χ4v) is 3.13. The van der Waals surface area contributed by atoms with E-state index < -0.39 is 0 Å². The van der Waals surface area contributed by atoms with Crippen LogP contribution in [0.3, 0.4) is 0 Å². The largest absolute Gasteiger partial charge is 0.493 e. The van der Waals surface area contributed by atoms with Gasteiger partial charge in [-0.3, -0.25) is 4.90 Å². The Morgan fingerprint density at radius 2 is 1.96 bits per heavy atom. The van der Waals surface area contributed by atoms with Crippen LogP contribution in [0.15, 0.2) is 48.5 Å². The Bertz CT molecular complexity index is 714. The number of benzene rings is 2. The molecule has 2 amide bonds. The molecule has 0 aromatic heterocycles. The van der Waals surface area contributed by atoms with E-state index in [-0.39, 0.29) is 12.1 Å². The van der Waals surface area contributed by atoms with Crippen molar-refractivity contribution < 1.29 is 9.53 Å². The Hall–Kier alpha value is -2.49. The first-order valence-corrected chi connectivity index (χ1v) is 8.50. The van der Waals surface area contributed by atoms with Crippen molar-refractivity contribution in [2.24, 2.45) is 0 Å². The van der Waals surface area contributed by atoms with Crippen LogP contribution in [0.2, 0.25) is 0 Å². The average molecular weight is 324 g/mol. The van der Waals surface area contributed by atoms with E-state index in [1.165, 1.54) is 5.56 Å². The molecule has 0 saturated carbocycles. The maximum absolute atomic E-state index is 12.5. The molecule has 0 radical (unpaired) electrons. The fourth-order valence-electron chi connectivity index (χ4n) is 3.13. The molecule has 0 spiro atoms. The van der Waals surface area contributed by atoms with Crippen LogP contribution in [0, 0.1) is 6.92 Å². The van der Waals surface area contributed by atoms with Gasteiger partial charge in [0.15, 0.2) is 0 Å². The van der Waals surface area contributed by atoms with Crippen molar-refractivity contribution in [1.82, 2.24) is 5.32 Å². The van der Waals surface area contributed by atoms with Gasteiger partial charge in [0.25, 0.3) is 0 Å². The number of nitrogens with zero attached hydrogens (tertiary/aromatic N) is 1. The van der Waals surface area contributed by atoms with Crippen molar-refractivity contribution in [3.63, 3.8) is 0 Å². The number of urea groups is 1. The van der Waals surface area contributed by atoms with Gasteiger partial charge in [0, 0.05) is 18.3 Å². The number of rotatable bonds is 5. The number of nitrogens with one attached hydrogen (secondary N) is 1. The highest BCUT2D eigenvalue weighted by molar-refractivity contribution is 5.94. The van der Waals surface area contributed by atoms with Crippen molar-refractivity contribution in [2.45, 2.75) is 32.7 Å². The molecule has 1 aliphatic heterocycles. The predicted octanol–water partition coefficient (Wildman–Crippen LogP) is 3.92. The molecule has 2 aromatic carbocycles. The lowest BCUT2D eigenvalue weighted by Gasteiger charge is -2.23. The van der Waals surface area contributed by atoms with Crippen molar-refractivity contribution in [3.8, 4) is 5.75 Å². The van der Waals surface area contributed by atoms with Gasteiger partial charge < -0.3 is 10.1 Å². The quantitative estimate of drug-likeness (QED) is 0.847. The van der Waals surface area contributed by atoms with E-state index in [2.05, 4.69) is 18.3 Å². The normalized spacial score (nSPS) is 15.9. The lowest BCUT2D eigenvalue weighted by Crippen LogP contribution is -2.43. The summed E-state index contributed by atoms with van der Waals surface area (Å²) < 4.78 is 5.76. The van der Waals surface area contributed by atoms with Crippen molar-refractivity contribution in [1.29, 1.82) is 0 Å². The van der Waals surface area contributed by atoms with Crippen LogP contribution in [0.5, 0.6) is 5.75 Å². The summed E-state index contributed by atoms with van der Waals surface area (Å²) >= 11 is 0. The summed E-state index contributed by atoms with van der Waals surface area (Å²) in [4.78, 5) is 14.3. The zero-order chi connectivity index (χ0) is 16.9. The molecule has 4 heteroatoms. The first-order chi connectivity index (χ1) is 11.7. The molecule has 3 rings (SSSR count). The summed E-state index contributed by atoms with van der Waals surface area (Å²) in [6.45, 7) is 5.32. The van der Waals surface area contributed by atoms with Crippen molar-refractivity contribution in [3.05, 3.63) is 59.7 Å². The molecule has 0 fully saturated rings. The Morgan fingerprint density at radius 1 is 1.21 bits per heavy atom. The van der Waals surface area contributed by atoms with Crippen molar-refractivity contribution in [2.75, 3.05) is 18.1 Å². The van der Waals surface area contributed by atoms with Gasteiger partial charge in [-0.05, 0) is 49.9 Å². The Balaban J connectivity index is 1.46. The molecule has 1 N–H and O–H groups in total. The molecule has 24 heavy (non-hydrogen) atoms. The number of amides is 2. The zero-order valence-electron chi connectivity index (χ0n) is 14.3. The first-order valence-electron chi connectivity index (χ1n) is 8.50. The number of fused-ring (bicyclic) bond motifs is 1. The van der Waals surface area contributed by atoms with Gasteiger partial charge in [-0.1, -0.05) is 36.4 Å². The van der Waals surface area contributed by atoms with Crippen LogP contribution in [0.4, 0.5) is 10.5 Å². The van der Waals surface area contributed by atoms with Gasteiger partial charge in [0.2, 0.25) is 0 Å². The van der Waals surface area contributed by atoms with Gasteiger partial charge in [-0.15, -0.1) is 0 Å². The minimum absolute atomic E-state index is 0.0247. The van der Waals surface area contributed by atoms with Gasteiger partial charge in [-0.2, -0.15) is 0 Å². The highest BCUT2D eigenvalue weighted by Gasteiger charge is 2.30. The summed E-state index contributed by atoms with van der Waals surface area (Å²) in [7, 11) is 0. The lowest BCUT2D eigenvalue weighted by atomic mass is 10.1. The Morgan fingerprint density at radius 3 is 2.79 bits per heavy atom. The first kappa shape index (κ1) is 16.4. The number of aryl methyl sites for hydroxylation is 1. The second-order valence-corrected chi connectivity index (χ2v) is 6.25. The van der Waals surface area contributed by atoms with Crippen LogP contribution < -0.4 is 15.0 Å². The molecular formula is C20H24N2O2. The van der Waals surface area contributed by atoms with Crippen LogP contribution in [-0.2, 0) is 6.42 Å². The minimum atomic E-state index is -0.0247. The Kier molecular flexibility index (Phi) is 5.04. The summed E-state index contributed by atoms with van der Waals surface area (Å²) in [5.74, 6) is 0.908. The van der Waals surface area contributed by atoms with Crippen LogP contribution >= 0.6 is 0 Å². The third-order valence-corrected chi connectivity index (χ3v) is 4.37. The highest BCUT2D eigenvalue weighted by atomic mass is 16.5. The smallest absolute Gasteiger partial charge is 0.322 e. The molecule has 126 valence electrons. The van der Waals surface area contributed by atoms with E-state index in [1.807, 2.05) is 54.3 Å². The van der Waals surface area contributed by atoms with Gasteiger partial charge in [0.1, 0.15) is 5.75 Å². The molecular weight excluding hydrogens is 300 g/mol. The summed E-state index contributed by atoms with van der Waals surface area (Å²) in [6, 6.07) is 16.3. The molecule has 0 bridgehead atoms. The maximum atomic E-state index is 12.5. The number of anilines is 1. The van der Waals surface area contributed by atoms with Gasteiger partial charge in [0.05, 0.1) is 6.61 Å². The van der Waals surface area contributed by atoms with E-state index in [9.17, 15) is 4.79 Å².